The molecule has 2 amide bonds. The van der Waals surface area contributed by atoms with Gasteiger partial charge in [0.25, 0.3) is 5.91 Å². The van der Waals surface area contributed by atoms with Gasteiger partial charge < -0.3 is 19.5 Å². The average Bonchev–Trinajstić information content (AvgIpc) is 3.51. The largest absolute Gasteiger partial charge is 0.463 e. The summed E-state index contributed by atoms with van der Waals surface area (Å²) in [4.78, 5) is 29.6. The first-order valence-electron chi connectivity index (χ1n) is 10.2. The standard InChI is InChI=1S/C21H27N3O3S/c25-20(16-7-4-12-24(16)21(26)19-9-6-14-28-19)22-15-17(18-8-5-13-27-18)23-10-2-1-3-11-23/h5-6,8-9,13-14,16-17H,1-4,7,10-12,15H2,(H,22,25)/p+1/t16-,17+/m1/s1. The van der Waals surface area contributed by atoms with Crippen LogP contribution < -0.4 is 10.2 Å². The number of quaternary nitrogens is 1. The van der Waals surface area contributed by atoms with Crippen molar-refractivity contribution in [2.24, 2.45) is 0 Å². The molecule has 2 saturated heterocycles. The fourth-order valence-electron chi connectivity index (χ4n) is 4.43. The smallest absolute Gasteiger partial charge is 0.264 e. The first-order valence-corrected chi connectivity index (χ1v) is 11.1. The minimum absolute atomic E-state index is 0.0307. The molecule has 6 nitrogen and oxygen atoms in total. The average molecular weight is 403 g/mol. The van der Waals surface area contributed by atoms with Crippen molar-refractivity contribution in [2.75, 3.05) is 26.2 Å². The van der Waals surface area contributed by atoms with Crippen LogP contribution in [0.15, 0.2) is 40.3 Å². The molecule has 2 aromatic heterocycles. The van der Waals surface area contributed by atoms with Gasteiger partial charge in [0, 0.05) is 6.54 Å². The maximum atomic E-state index is 12.9. The number of thiophene rings is 1. The summed E-state index contributed by atoms with van der Waals surface area (Å²) >= 11 is 1.43. The van der Waals surface area contributed by atoms with Gasteiger partial charge in [-0.15, -0.1) is 11.3 Å². The Balaban J connectivity index is 1.40. The molecular weight excluding hydrogens is 374 g/mol. The Bertz CT molecular complexity index is 769. The third-order valence-electron chi connectivity index (χ3n) is 5.90. The maximum Gasteiger partial charge on any atom is 0.264 e. The molecule has 0 aliphatic carbocycles. The zero-order valence-electron chi connectivity index (χ0n) is 16.1. The molecule has 2 N–H and O–H groups in total. The van der Waals surface area contributed by atoms with E-state index in [0.717, 1.165) is 31.7 Å². The first kappa shape index (κ1) is 19.2. The Hall–Kier alpha value is -2.12. The van der Waals surface area contributed by atoms with Crippen LogP contribution in [0.2, 0.25) is 0 Å². The Morgan fingerprint density at radius 1 is 1.21 bits per heavy atom. The van der Waals surface area contributed by atoms with Gasteiger partial charge in [-0.1, -0.05) is 6.07 Å². The zero-order valence-corrected chi connectivity index (χ0v) is 16.9. The van der Waals surface area contributed by atoms with E-state index in [1.165, 1.54) is 35.5 Å². The number of likely N-dealkylation sites (tertiary alicyclic amines) is 2. The van der Waals surface area contributed by atoms with Crippen LogP contribution in [0.25, 0.3) is 0 Å². The molecule has 7 heteroatoms. The van der Waals surface area contributed by atoms with E-state index >= 15 is 0 Å². The molecule has 2 aliphatic heterocycles. The van der Waals surface area contributed by atoms with E-state index in [-0.39, 0.29) is 23.9 Å². The van der Waals surface area contributed by atoms with Crippen molar-refractivity contribution in [1.82, 2.24) is 10.2 Å². The van der Waals surface area contributed by atoms with Gasteiger partial charge in [-0.3, -0.25) is 9.59 Å². The maximum absolute atomic E-state index is 12.9. The highest BCUT2D eigenvalue weighted by molar-refractivity contribution is 7.12. The van der Waals surface area contributed by atoms with Gasteiger partial charge >= 0.3 is 0 Å². The van der Waals surface area contributed by atoms with Crippen molar-refractivity contribution in [3.8, 4) is 0 Å². The van der Waals surface area contributed by atoms with Crippen molar-refractivity contribution < 1.29 is 18.9 Å². The molecule has 2 aromatic rings. The summed E-state index contributed by atoms with van der Waals surface area (Å²) in [6.07, 6.45) is 7.01. The fourth-order valence-corrected chi connectivity index (χ4v) is 5.11. The summed E-state index contributed by atoms with van der Waals surface area (Å²) in [6.45, 7) is 3.40. The summed E-state index contributed by atoms with van der Waals surface area (Å²) in [6, 6.07) is 7.36. The number of hydrogen-bond donors (Lipinski definition) is 2. The lowest BCUT2D eigenvalue weighted by molar-refractivity contribution is -0.936. The van der Waals surface area contributed by atoms with Crippen LogP contribution in [0.1, 0.15) is 53.6 Å². The molecule has 28 heavy (non-hydrogen) atoms. The van der Waals surface area contributed by atoms with Gasteiger partial charge in [0.2, 0.25) is 5.91 Å². The third-order valence-corrected chi connectivity index (χ3v) is 6.76. The van der Waals surface area contributed by atoms with Crippen LogP contribution in [0.4, 0.5) is 0 Å². The normalized spacial score (nSPS) is 21.6. The summed E-state index contributed by atoms with van der Waals surface area (Å²) in [7, 11) is 0. The van der Waals surface area contributed by atoms with Gasteiger partial charge in [-0.25, -0.2) is 0 Å². The summed E-state index contributed by atoms with van der Waals surface area (Å²) in [5.74, 6) is 0.849. The van der Waals surface area contributed by atoms with Crippen LogP contribution in [-0.4, -0.2) is 48.9 Å². The Labute approximate surface area is 169 Å². The monoisotopic (exact) mass is 402 g/mol. The highest BCUT2D eigenvalue weighted by Crippen LogP contribution is 2.22. The molecule has 0 bridgehead atoms. The number of nitrogens with zero attached hydrogens (tertiary/aromatic N) is 1. The fraction of sp³-hybridized carbons (Fsp3) is 0.524. The number of rotatable bonds is 6. The van der Waals surface area contributed by atoms with Gasteiger partial charge in [0.15, 0.2) is 11.8 Å². The molecule has 2 fully saturated rings. The molecule has 2 aliphatic rings. The second-order valence-electron chi connectivity index (χ2n) is 7.67. The number of carbonyl (C=O) groups excluding carboxylic acids is 2. The number of nitrogens with one attached hydrogen (secondary N) is 2. The van der Waals surface area contributed by atoms with E-state index in [2.05, 4.69) is 5.32 Å². The van der Waals surface area contributed by atoms with Crippen LogP contribution in [-0.2, 0) is 4.79 Å². The van der Waals surface area contributed by atoms with E-state index in [1.807, 2.05) is 29.6 Å². The van der Waals surface area contributed by atoms with E-state index in [9.17, 15) is 9.59 Å². The molecule has 0 aromatic carbocycles. The van der Waals surface area contributed by atoms with Gasteiger partial charge in [0.1, 0.15) is 6.04 Å². The molecule has 0 radical (unpaired) electrons. The summed E-state index contributed by atoms with van der Waals surface area (Å²) < 4.78 is 5.68. The van der Waals surface area contributed by atoms with Gasteiger partial charge in [-0.05, 0) is 55.7 Å². The predicted octanol–water partition coefficient (Wildman–Crippen LogP) is 1.87. The molecule has 0 saturated carbocycles. The Kier molecular flexibility index (Phi) is 6.12. The van der Waals surface area contributed by atoms with E-state index in [1.54, 1.807) is 11.2 Å². The summed E-state index contributed by atoms with van der Waals surface area (Å²) in [5.41, 5.74) is 0. The van der Waals surface area contributed by atoms with Crippen LogP contribution in [0, 0.1) is 0 Å². The van der Waals surface area contributed by atoms with Crippen molar-refractivity contribution in [1.29, 1.82) is 0 Å². The van der Waals surface area contributed by atoms with Crippen LogP contribution in [0.3, 0.4) is 0 Å². The molecule has 4 heterocycles. The highest BCUT2D eigenvalue weighted by Gasteiger charge is 2.36. The molecule has 0 unspecified atom stereocenters. The molecule has 0 spiro atoms. The minimum Gasteiger partial charge on any atom is -0.463 e. The quantitative estimate of drug-likeness (QED) is 0.775. The number of furan rings is 1. The molecule has 2 atom stereocenters. The topological polar surface area (TPSA) is 67.0 Å². The van der Waals surface area contributed by atoms with Crippen molar-refractivity contribution in [2.45, 2.75) is 44.2 Å². The minimum atomic E-state index is -0.372. The van der Waals surface area contributed by atoms with Crippen molar-refractivity contribution >= 4 is 23.2 Å². The molecule has 150 valence electrons. The van der Waals surface area contributed by atoms with E-state index in [4.69, 9.17) is 4.42 Å². The number of amides is 2. The lowest BCUT2D eigenvalue weighted by atomic mass is 10.1. The zero-order chi connectivity index (χ0) is 19.3. The number of carbonyl (C=O) groups is 2. The molecule has 4 rings (SSSR count). The predicted molar refractivity (Wildman–Crippen MR) is 107 cm³/mol. The van der Waals surface area contributed by atoms with Gasteiger partial charge in [-0.2, -0.15) is 0 Å². The first-order chi connectivity index (χ1) is 13.7. The van der Waals surface area contributed by atoms with Crippen molar-refractivity contribution in [3.05, 3.63) is 46.5 Å². The van der Waals surface area contributed by atoms with Crippen LogP contribution in [0.5, 0.6) is 0 Å². The van der Waals surface area contributed by atoms with E-state index < -0.39 is 0 Å². The van der Waals surface area contributed by atoms with Gasteiger partial charge in [0.05, 0.1) is 30.8 Å². The SMILES string of the molecule is O=C(NC[C@@H](c1ccco1)[NH+]1CCCCC1)[C@H]1CCCN1C(=O)c1cccs1. The molecular formula is C21H28N3O3S+. The van der Waals surface area contributed by atoms with Crippen LogP contribution >= 0.6 is 11.3 Å². The summed E-state index contributed by atoms with van der Waals surface area (Å²) in [5, 5.41) is 5.03. The van der Waals surface area contributed by atoms with Crippen molar-refractivity contribution in [3.63, 3.8) is 0 Å². The Morgan fingerprint density at radius 3 is 2.79 bits per heavy atom. The van der Waals surface area contributed by atoms with E-state index in [0.29, 0.717) is 18.0 Å². The second kappa shape index (κ2) is 8.92. The third kappa shape index (κ3) is 4.15. The number of hydrogen-bond acceptors (Lipinski definition) is 4. The Morgan fingerprint density at radius 2 is 2.07 bits per heavy atom. The second-order valence-corrected chi connectivity index (χ2v) is 8.61. The lowest BCUT2D eigenvalue weighted by Gasteiger charge is -2.31. The number of piperidine rings is 1. The lowest BCUT2D eigenvalue weighted by Crippen LogP contribution is -3.13. The highest BCUT2D eigenvalue weighted by atomic mass is 32.1.